The van der Waals surface area contributed by atoms with E-state index in [1.54, 1.807) is 25.4 Å². The number of carbonyl (C=O) groups excluding carboxylic acids is 2. The minimum absolute atomic E-state index is 0.131. The molecule has 13 heteroatoms. The molecule has 3 atom stereocenters. The molecule has 0 spiro atoms. The zero-order valence-electron chi connectivity index (χ0n) is 19.2. The lowest BCUT2D eigenvalue weighted by Gasteiger charge is -2.41. The maximum atomic E-state index is 14.3. The molecule has 3 unspecified atom stereocenters. The van der Waals surface area contributed by atoms with Gasteiger partial charge in [-0.15, -0.1) is 0 Å². The predicted molar refractivity (Wildman–Crippen MR) is 124 cm³/mol. The first kappa shape index (κ1) is 24.3. The van der Waals surface area contributed by atoms with Gasteiger partial charge < -0.3 is 10.6 Å². The highest BCUT2D eigenvalue weighted by atomic mass is 35.5. The van der Waals surface area contributed by atoms with Crippen molar-refractivity contribution in [3.8, 4) is 5.82 Å². The number of aryl methyl sites for hydroxylation is 1. The van der Waals surface area contributed by atoms with Crippen LogP contribution >= 0.6 is 11.6 Å². The fourth-order valence-electron chi connectivity index (χ4n) is 5.26. The number of anilines is 1. The van der Waals surface area contributed by atoms with Crippen molar-refractivity contribution in [2.45, 2.75) is 44.8 Å². The van der Waals surface area contributed by atoms with E-state index in [1.165, 1.54) is 10.7 Å². The quantitative estimate of drug-likeness (QED) is 0.536. The lowest BCUT2D eigenvalue weighted by molar-refractivity contribution is -0.147. The first-order chi connectivity index (χ1) is 17.1. The number of alkyl halides is 3. The number of amides is 2. The number of hydrogen-bond acceptors (Lipinski definition) is 5. The van der Waals surface area contributed by atoms with Crippen molar-refractivity contribution in [1.82, 2.24) is 29.9 Å². The van der Waals surface area contributed by atoms with Crippen molar-refractivity contribution in [3.05, 3.63) is 52.7 Å². The summed E-state index contributed by atoms with van der Waals surface area (Å²) in [4.78, 5) is 29.7. The number of carbonyl (C=O) groups is 2. The molecule has 36 heavy (non-hydrogen) atoms. The van der Waals surface area contributed by atoms with Crippen molar-refractivity contribution in [2.24, 2.45) is 11.8 Å². The van der Waals surface area contributed by atoms with E-state index in [-0.39, 0.29) is 28.5 Å². The highest BCUT2D eigenvalue weighted by Gasteiger charge is 2.46. The van der Waals surface area contributed by atoms with Gasteiger partial charge in [0.15, 0.2) is 11.5 Å². The summed E-state index contributed by atoms with van der Waals surface area (Å²) in [6.07, 6.45) is 1.54. The van der Waals surface area contributed by atoms with Crippen LogP contribution in [0.1, 0.15) is 53.5 Å². The van der Waals surface area contributed by atoms with Gasteiger partial charge >= 0.3 is 6.18 Å². The summed E-state index contributed by atoms with van der Waals surface area (Å²) in [5, 5.41) is 13.5. The van der Waals surface area contributed by atoms with Crippen LogP contribution in [0, 0.1) is 18.8 Å². The van der Waals surface area contributed by atoms with E-state index >= 15 is 0 Å². The normalized spacial score (nSPS) is 22.1. The fraction of sp³-hybridized carbons (Fsp3) is 0.435. The molecule has 1 saturated heterocycles. The summed E-state index contributed by atoms with van der Waals surface area (Å²) >= 11 is 6.30. The number of halogens is 4. The Bertz CT molecular complexity index is 1310. The molecular formula is C23H23ClF3N7O2. The van der Waals surface area contributed by atoms with Crippen LogP contribution < -0.4 is 10.6 Å². The zero-order chi connectivity index (χ0) is 25.6. The second-order valence-electron chi connectivity index (χ2n) is 9.03. The van der Waals surface area contributed by atoms with Crippen LogP contribution in [0.3, 0.4) is 0 Å². The van der Waals surface area contributed by atoms with Gasteiger partial charge in [0.1, 0.15) is 0 Å². The molecule has 3 aromatic heterocycles. The SMILES string of the molecule is Cc1nc(-n2cccn2)c(Cl)cc1NC(=O)c1cnn(C2CCCC3C(=O)NCCC32)c1C(F)(F)F. The number of piperidine rings is 1. The smallest absolute Gasteiger partial charge is 0.356 e. The molecule has 2 amide bonds. The summed E-state index contributed by atoms with van der Waals surface area (Å²) in [5.41, 5.74) is -1.20. The van der Waals surface area contributed by atoms with E-state index in [9.17, 15) is 22.8 Å². The van der Waals surface area contributed by atoms with Crippen LogP contribution in [0.5, 0.6) is 0 Å². The second kappa shape index (κ2) is 9.23. The van der Waals surface area contributed by atoms with E-state index in [4.69, 9.17) is 11.6 Å². The van der Waals surface area contributed by atoms with Gasteiger partial charge in [-0.25, -0.2) is 9.67 Å². The molecule has 1 saturated carbocycles. The van der Waals surface area contributed by atoms with E-state index in [1.807, 2.05) is 0 Å². The largest absolute Gasteiger partial charge is 0.433 e. The molecule has 1 aliphatic heterocycles. The minimum Gasteiger partial charge on any atom is -0.356 e. The second-order valence-corrected chi connectivity index (χ2v) is 9.44. The number of nitrogens with zero attached hydrogens (tertiary/aromatic N) is 5. The number of pyridine rings is 1. The third-order valence-corrected chi connectivity index (χ3v) is 7.16. The third-order valence-electron chi connectivity index (χ3n) is 6.88. The first-order valence-corrected chi connectivity index (χ1v) is 11.9. The molecule has 0 bridgehead atoms. The van der Waals surface area contributed by atoms with Gasteiger partial charge in [-0.05, 0) is 44.2 Å². The summed E-state index contributed by atoms with van der Waals surface area (Å²) in [6, 6.07) is 2.48. The average Bonchev–Trinajstić information content (AvgIpc) is 3.51. The Kier molecular flexibility index (Phi) is 6.23. The number of hydrogen-bond donors (Lipinski definition) is 2. The Balaban J connectivity index is 1.47. The van der Waals surface area contributed by atoms with Crippen LogP contribution in [0.25, 0.3) is 5.82 Å². The third kappa shape index (κ3) is 4.34. The molecule has 2 aliphatic rings. The standard InChI is InChI=1S/C23H23ClF3N7O2/c1-12-17(10-16(24)20(31-12)33-9-3-7-29-33)32-22(36)15-11-30-34(19(15)23(25,26)27)18-5-2-4-14-13(18)6-8-28-21(14)35/h3,7,9-11,13-14,18H,2,4-6,8H2,1H3,(H,28,35)(H,32,36). The van der Waals surface area contributed by atoms with Crippen LogP contribution in [-0.2, 0) is 11.0 Å². The van der Waals surface area contributed by atoms with E-state index in [0.717, 1.165) is 10.9 Å². The highest BCUT2D eigenvalue weighted by molar-refractivity contribution is 6.32. The number of nitrogens with one attached hydrogen (secondary N) is 2. The Morgan fingerprint density at radius 3 is 2.78 bits per heavy atom. The van der Waals surface area contributed by atoms with Crippen LogP contribution in [0.4, 0.5) is 18.9 Å². The van der Waals surface area contributed by atoms with Crippen LogP contribution in [0.15, 0.2) is 30.7 Å². The predicted octanol–water partition coefficient (Wildman–Crippen LogP) is 4.17. The molecule has 9 nitrogen and oxygen atoms in total. The fourth-order valence-corrected chi connectivity index (χ4v) is 5.50. The molecule has 3 aromatic rings. The van der Waals surface area contributed by atoms with Gasteiger partial charge in [-0.2, -0.15) is 23.4 Å². The average molecular weight is 522 g/mol. The molecule has 4 heterocycles. The van der Waals surface area contributed by atoms with Crippen molar-refractivity contribution < 1.29 is 22.8 Å². The summed E-state index contributed by atoms with van der Waals surface area (Å²) in [6.45, 7) is 2.01. The monoisotopic (exact) mass is 521 g/mol. The molecule has 190 valence electrons. The summed E-state index contributed by atoms with van der Waals surface area (Å²) < 4.78 is 45.2. The van der Waals surface area contributed by atoms with Gasteiger partial charge in [0.05, 0.1) is 34.2 Å². The Labute approximate surface area is 209 Å². The molecule has 5 rings (SSSR count). The van der Waals surface area contributed by atoms with E-state index in [0.29, 0.717) is 43.7 Å². The van der Waals surface area contributed by atoms with Gasteiger partial charge in [-0.1, -0.05) is 18.0 Å². The molecule has 2 fully saturated rings. The van der Waals surface area contributed by atoms with Crippen molar-refractivity contribution in [2.75, 3.05) is 11.9 Å². The first-order valence-electron chi connectivity index (χ1n) is 11.6. The molecule has 2 N–H and O–H groups in total. The lowest BCUT2D eigenvalue weighted by Crippen LogP contribution is -2.47. The number of aromatic nitrogens is 5. The lowest BCUT2D eigenvalue weighted by atomic mass is 9.72. The maximum Gasteiger partial charge on any atom is 0.433 e. The maximum absolute atomic E-state index is 14.3. The van der Waals surface area contributed by atoms with Crippen molar-refractivity contribution in [3.63, 3.8) is 0 Å². The molecule has 0 aromatic carbocycles. The van der Waals surface area contributed by atoms with Crippen molar-refractivity contribution >= 4 is 29.1 Å². The van der Waals surface area contributed by atoms with Gasteiger partial charge in [0.2, 0.25) is 5.91 Å². The Morgan fingerprint density at radius 1 is 1.25 bits per heavy atom. The molecule has 1 aliphatic carbocycles. The van der Waals surface area contributed by atoms with Gasteiger partial charge in [-0.3, -0.25) is 14.3 Å². The Hall–Kier alpha value is -3.41. The molecule has 0 radical (unpaired) electrons. The van der Waals surface area contributed by atoms with Gasteiger partial charge in [0, 0.05) is 24.9 Å². The Morgan fingerprint density at radius 2 is 2.06 bits per heavy atom. The zero-order valence-corrected chi connectivity index (χ0v) is 20.0. The minimum atomic E-state index is -4.83. The van der Waals surface area contributed by atoms with E-state index in [2.05, 4.69) is 25.8 Å². The van der Waals surface area contributed by atoms with E-state index < -0.39 is 29.4 Å². The van der Waals surface area contributed by atoms with Crippen LogP contribution in [-0.4, -0.2) is 42.9 Å². The topological polar surface area (TPSA) is 107 Å². The number of fused-ring (bicyclic) bond motifs is 1. The van der Waals surface area contributed by atoms with Gasteiger partial charge in [0.25, 0.3) is 5.91 Å². The van der Waals surface area contributed by atoms with Crippen molar-refractivity contribution in [1.29, 1.82) is 0 Å². The van der Waals surface area contributed by atoms with Crippen LogP contribution in [0.2, 0.25) is 5.02 Å². The number of rotatable bonds is 4. The highest BCUT2D eigenvalue weighted by Crippen LogP contribution is 2.44. The summed E-state index contributed by atoms with van der Waals surface area (Å²) in [5.74, 6) is -1.42. The summed E-state index contributed by atoms with van der Waals surface area (Å²) in [7, 11) is 0. The molecular weight excluding hydrogens is 499 g/mol.